The second-order valence-electron chi connectivity index (χ2n) is 5.73. The van der Waals surface area contributed by atoms with E-state index in [0.29, 0.717) is 13.0 Å². The minimum absolute atomic E-state index is 0.182. The van der Waals surface area contributed by atoms with Gasteiger partial charge in [-0.3, -0.25) is 0 Å². The van der Waals surface area contributed by atoms with Gasteiger partial charge in [0.15, 0.2) is 0 Å². The van der Waals surface area contributed by atoms with E-state index in [2.05, 4.69) is 0 Å². The Morgan fingerprint density at radius 2 is 1.81 bits per heavy atom. The zero-order chi connectivity index (χ0) is 16.3. The first kappa shape index (κ1) is 17.9. The summed E-state index contributed by atoms with van der Waals surface area (Å²) >= 11 is 0. The van der Waals surface area contributed by atoms with Crippen molar-refractivity contribution in [1.29, 1.82) is 0 Å². The van der Waals surface area contributed by atoms with E-state index in [1.54, 1.807) is 18.9 Å². The molecular weight excluding hydrogens is 283 g/mol. The van der Waals surface area contributed by atoms with Crippen LogP contribution in [-0.4, -0.2) is 41.4 Å². The Bertz CT molecular complexity index is 458. The van der Waals surface area contributed by atoms with Crippen LogP contribution in [0, 0.1) is 0 Å². The molecule has 1 aromatic rings. The summed E-state index contributed by atoms with van der Waals surface area (Å²) in [7, 11) is 1.75. The van der Waals surface area contributed by atoms with E-state index in [4.69, 9.17) is 0 Å². The predicted octanol–water partition coefficient (Wildman–Crippen LogP) is 2.62. The van der Waals surface area contributed by atoms with Gasteiger partial charge in [0.1, 0.15) is 0 Å². The highest BCUT2D eigenvalue weighted by molar-refractivity contribution is 5.29. The lowest BCUT2D eigenvalue weighted by atomic mass is 9.93. The molecule has 3 nitrogen and oxygen atoms in total. The Morgan fingerprint density at radius 3 is 2.33 bits per heavy atom. The zero-order valence-corrected chi connectivity index (χ0v) is 12.5. The summed E-state index contributed by atoms with van der Waals surface area (Å²) in [6.07, 6.45) is -4.34. The molecule has 0 heterocycles. The van der Waals surface area contributed by atoms with Crippen LogP contribution in [0.5, 0.6) is 0 Å². The Morgan fingerprint density at radius 1 is 1.24 bits per heavy atom. The molecule has 0 saturated heterocycles. The van der Waals surface area contributed by atoms with E-state index in [0.717, 1.165) is 12.1 Å². The van der Waals surface area contributed by atoms with Crippen molar-refractivity contribution < 1.29 is 23.4 Å². The molecular formula is C15H22F3NO2. The number of halogens is 3. The largest absolute Gasteiger partial charge is 0.416 e. The molecule has 0 fully saturated rings. The molecule has 0 saturated carbocycles. The number of rotatable bonds is 6. The van der Waals surface area contributed by atoms with Crippen molar-refractivity contribution in [2.45, 2.75) is 38.1 Å². The number of benzene rings is 1. The minimum atomic E-state index is -4.43. The van der Waals surface area contributed by atoms with Crippen LogP contribution < -0.4 is 0 Å². The number of alkyl halides is 3. The van der Waals surface area contributed by atoms with Crippen molar-refractivity contribution in [3.05, 3.63) is 35.4 Å². The maximum Gasteiger partial charge on any atom is 0.416 e. The fourth-order valence-electron chi connectivity index (χ4n) is 2.13. The standard InChI is InChI=1S/C15H22F3NO2/c1-11(20)7-8-19(3)10-14(2,21)12-5-4-6-13(9-12)15(16,17)18/h4-6,9,11,20-21H,7-8,10H2,1-3H3. The van der Waals surface area contributed by atoms with Crippen LogP contribution in [0.15, 0.2) is 24.3 Å². The summed E-state index contributed by atoms with van der Waals surface area (Å²) in [4.78, 5) is 1.78. The molecule has 0 bridgehead atoms. The van der Waals surface area contributed by atoms with Crippen LogP contribution in [0.2, 0.25) is 0 Å². The van der Waals surface area contributed by atoms with Gasteiger partial charge in [0, 0.05) is 13.1 Å². The van der Waals surface area contributed by atoms with Crippen molar-refractivity contribution in [1.82, 2.24) is 4.90 Å². The molecule has 0 aromatic heterocycles. The van der Waals surface area contributed by atoms with Crippen LogP contribution in [0.1, 0.15) is 31.4 Å². The molecule has 120 valence electrons. The van der Waals surface area contributed by atoms with Crippen molar-refractivity contribution in [2.24, 2.45) is 0 Å². The fraction of sp³-hybridized carbons (Fsp3) is 0.600. The third-order valence-corrected chi connectivity index (χ3v) is 3.32. The third-order valence-electron chi connectivity index (χ3n) is 3.32. The molecule has 2 unspecified atom stereocenters. The van der Waals surface area contributed by atoms with Crippen molar-refractivity contribution in [3.8, 4) is 0 Å². The first-order valence-electron chi connectivity index (χ1n) is 6.79. The quantitative estimate of drug-likeness (QED) is 0.849. The maximum absolute atomic E-state index is 12.7. The lowest BCUT2D eigenvalue weighted by Crippen LogP contribution is -2.38. The molecule has 0 spiro atoms. The number of aliphatic hydroxyl groups is 2. The molecule has 6 heteroatoms. The highest BCUT2D eigenvalue weighted by Crippen LogP contribution is 2.32. The summed E-state index contributed by atoms with van der Waals surface area (Å²) in [5.41, 5.74) is -1.94. The number of nitrogens with zero attached hydrogens (tertiary/aromatic N) is 1. The van der Waals surface area contributed by atoms with Crippen LogP contribution >= 0.6 is 0 Å². The molecule has 1 rings (SSSR count). The van der Waals surface area contributed by atoms with Gasteiger partial charge in [-0.2, -0.15) is 13.2 Å². The monoisotopic (exact) mass is 305 g/mol. The molecule has 2 atom stereocenters. The van der Waals surface area contributed by atoms with Crippen LogP contribution in [0.25, 0.3) is 0 Å². The van der Waals surface area contributed by atoms with Crippen molar-refractivity contribution >= 4 is 0 Å². The normalized spacial score (nSPS) is 16.8. The molecule has 21 heavy (non-hydrogen) atoms. The lowest BCUT2D eigenvalue weighted by Gasteiger charge is -2.30. The van der Waals surface area contributed by atoms with E-state index < -0.39 is 23.4 Å². The minimum Gasteiger partial charge on any atom is -0.393 e. The molecule has 0 radical (unpaired) electrons. The summed E-state index contributed by atoms with van der Waals surface area (Å²) in [5, 5.41) is 19.7. The number of aliphatic hydroxyl groups excluding tert-OH is 1. The van der Waals surface area contributed by atoms with Gasteiger partial charge < -0.3 is 15.1 Å². The highest BCUT2D eigenvalue weighted by atomic mass is 19.4. The van der Waals surface area contributed by atoms with Gasteiger partial charge in [-0.25, -0.2) is 0 Å². The topological polar surface area (TPSA) is 43.7 Å². The first-order chi connectivity index (χ1) is 9.52. The van der Waals surface area contributed by atoms with Gasteiger partial charge in [0.2, 0.25) is 0 Å². The van der Waals surface area contributed by atoms with Gasteiger partial charge in [-0.15, -0.1) is 0 Å². The second kappa shape index (κ2) is 6.77. The van der Waals surface area contributed by atoms with Crippen LogP contribution in [0.4, 0.5) is 13.2 Å². The zero-order valence-electron chi connectivity index (χ0n) is 12.5. The fourth-order valence-corrected chi connectivity index (χ4v) is 2.13. The Hall–Kier alpha value is -1.11. The summed E-state index contributed by atoms with van der Waals surface area (Å²) in [5.74, 6) is 0. The number of hydrogen-bond acceptors (Lipinski definition) is 3. The smallest absolute Gasteiger partial charge is 0.393 e. The van der Waals surface area contributed by atoms with Crippen LogP contribution in [0.3, 0.4) is 0 Å². The van der Waals surface area contributed by atoms with E-state index in [-0.39, 0.29) is 12.1 Å². The van der Waals surface area contributed by atoms with E-state index in [1.807, 2.05) is 0 Å². The predicted molar refractivity (Wildman–Crippen MR) is 74.8 cm³/mol. The molecule has 0 aliphatic carbocycles. The molecule has 0 aliphatic rings. The summed E-state index contributed by atoms with van der Waals surface area (Å²) in [6, 6.07) is 4.74. The maximum atomic E-state index is 12.7. The molecule has 0 aliphatic heterocycles. The Kier molecular flexibility index (Phi) is 5.78. The van der Waals surface area contributed by atoms with E-state index in [9.17, 15) is 23.4 Å². The van der Waals surface area contributed by atoms with Gasteiger partial charge in [0.05, 0.1) is 17.3 Å². The van der Waals surface area contributed by atoms with Gasteiger partial charge in [-0.1, -0.05) is 12.1 Å². The van der Waals surface area contributed by atoms with Crippen molar-refractivity contribution in [2.75, 3.05) is 20.1 Å². The molecule has 2 N–H and O–H groups in total. The average molecular weight is 305 g/mol. The summed E-state index contributed by atoms with van der Waals surface area (Å²) < 4.78 is 38.1. The molecule has 1 aromatic carbocycles. The van der Waals surface area contributed by atoms with Gasteiger partial charge >= 0.3 is 6.18 Å². The van der Waals surface area contributed by atoms with Gasteiger partial charge in [-0.05, 0) is 45.0 Å². The van der Waals surface area contributed by atoms with E-state index >= 15 is 0 Å². The van der Waals surface area contributed by atoms with E-state index in [1.165, 1.54) is 19.1 Å². The summed E-state index contributed by atoms with van der Waals surface area (Å²) in [6.45, 7) is 3.88. The third kappa shape index (κ3) is 5.65. The van der Waals surface area contributed by atoms with Crippen molar-refractivity contribution in [3.63, 3.8) is 0 Å². The first-order valence-corrected chi connectivity index (χ1v) is 6.79. The lowest BCUT2D eigenvalue weighted by molar-refractivity contribution is -0.137. The van der Waals surface area contributed by atoms with Gasteiger partial charge in [0.25, 0.3) is 0 Å². The Balaban J connectivity index is 2.82. The molecule has 0 amide bonds. The van der Waals surface area contributed by atoms with Crippen LogP contribution in [-0.2, 0) is 11.8 Å². The SMILES string of the molecule is CC(O)CCN(C)CC(C)(O)c1cccc(C(F)(F)F)c1. The highest BCUT2D eigenvalue weighted by Gasteiger charge is 2.33. The average Bonchev–Trinajstić information content (AvgIpc) is 2.35. The second-order valence-corrected chi connectivity index (χ2v) is 5.73. The number of likely N-dealkylation sites (N-methyl/N-ethyl adjacent to an activating group) is 1. The number of hydrogen-bond donors (Lipinski definition) is 2. The Labute approximate surface area is 123 Å².